The van der Waals surface area contributed by atoms with Crippen LogP contribution in [0.2, 0.25) is 0 Å². The minimum Gasteiger partial charge on any atom is -0.372 e. The zero-order valence-electron chi connectivity index (χ0n) is 14.0. The van der Waals surface area contributed by atoms with Crippen LogP contribution < -0.4 is 0 Å². The second-order valence-electron chi connectivity index (χ2n) is 6.82. The SMILES string of the molecule is C1OC1CN1CN(CC2CO2)CN(CC2CO2)C1.C1OCOCO1. The van der Waals surface area contributed by atoms with Gasteiger partial charge in [0.15, 0.2) is 20.4 Å². The Kier molecular flexibility index (Phi) is 5.94. The van der Waals surface area contributed by atoms with Crippen LogP contribution in [0.3, 0.4) is 0 Å². The van der Waals surface area contributed by atoms with E-state index in [1.165, 1.54) is 0 Å². The maximum Gasteiger partial charge on any atom is 0.152 e. The van der Waals surface area contributed by atoms with Crippen molar-refractivity contribution in [3.05, 3.63) is 0 Å². The van der Waals surface area contributed by atoms with Crippen LogP contribution in [0.15, 0.2) is 0 Å². The van der Waals surface area contributed by atoms with Crippen LogP contribution in [-0.2, 0) is 28.4 Å². The van der Waals surface area contributed by atoms with Crippen molar-refractivity contribution < 1.29 is 28.4 Å². The molecule has 0 bridgehead atoms. The van der Waals surface area contributed by atoms with Crippen LogP contribution in [0.25, 0.3) is 0 Å². The van der Waals surface area contributed by atoms with Crippen LogP contribution in [0.4, 0.5) is 0 Å². The molecule has 5 aliphatic heterocycles. The molecule has 3 unspecified atom stereocenters. The molecule has 5 aliphatic rings. The van der Waals surface area contributed by atoms with Gasteiger partial charge < -0.3 is 28.4 Å². The minimum absolute atomic E-state index is 0.375. The molecule has 0 saturated carbocycles. The molecule has 5 saturated heterocycles. The molecular formula is C15H27N3O6. The molecule has 0 aliphatic carbocycles. The number of epoxide rings is 3. The van der Waals surface area contributed by atoms with Crippen molar-refractivity contribution >= 4 is 0 Å². The first kappa shape index (κ1) is 17.1. The average molecular weight is 345 g/mol. The third-order valence-corrected chi connectivity index (χ3v) is 4.29. The van der Waals surface area contributed by atoms with Gasteiger partial charge in [0, 0.05) is 19.6 Å². The topological polar surface area (TPSA) is 75.0 Å². The van der Waals surface area contributed by atoms with Gasteiger partial charge in [-0.15, -0.1) is 0 Å². The third kappa shape index (κ3) is 6.17. The van der Waals surface area contributed by atoms with E-state index < -0.39 is 0 Å². The fraction of sp³-hybridized carbons (Fsp3) is 1.00. The molecule has 0 spiro atoms. The first-order chi connectivity index (χ1) is 11.8. The predicted molar refractivity (Wildman–Crippen MR) is 81.8 cm³/mol. The van der Waals surface area contributed by atoms with Crippen molar-refractivity contribution in [2.75, 3.05) is 79.8 Å². The van der Waals surface area contributed by atoms with Gasteiger partial charge in [0.2, 0.25) is 0 Å². The zero-order chi connectivity index (χ0) is 16.2. The van der Waals surface area contributed by atoms with E-state index >= 15 is 0 Å². The fourth-order valence-electron chi connectivity index (χ4n) is 2.99. The zero-order valence-corrected chi connectivity index (χ0v) is 14.0. The second-order valence-corrected chi connectivity index (χ2v) is 6.82. The summed E-state index contributed by atoms with van der Waals surface area (Å²) in [5, 5.41) is 0. The van der Waals surface area contributed by atoms with Crippen LogP contribution in [0.1, 0.15) is 0 Å². The Labute approximate surface area is 142 Å². The maximum atomic E-state index is 5.34. The van der Waals surface area contributed by atoms with Crippen LogP contribution >= 0.6 is 0 Å². The lowest BCUT2D eigenvalue weighted by molar-refractivity contribution is -0.247. The van der Waals surface area contributed by atoms with Gasteiger partial charge >= 0.3 is 0 Å². The van der Waals surface area contributed by atoms with E-state index in [0.29, 0.717) is 38.7 Å². The highest BCUT2D eigenvalue weighted by Gasteiger charge is 2.35. The highest BCUT2D eigenvalue weighted by Crippen LogP contribution is 2.19. The summed E-state index contributed by atoms with van der Waals surface area (Å²) < 4.78 is 29.9. The molecule has 138 valence electrons. The number of hydrogen-bond donors (Lipinski definition) is 0. The Morgan fingerprint density at radius 1 is 0.542 bits per heavy atom. The summed E-state index contributed by atoms with van der Waals surface area (Å²) in [6, 6.07) is 0. The molecule has 0 aromatic carbocycles. The molecule has 3 atom stereocenters. The standard InChI is InChI=1S/C12H21N3O3.C3H6O3/c1(10-4-16-10)13-7-14(2-11-5-17-11)9-15(8-13)3-12-6-18-12;1-4-2-6-3-5-1/h10-12H,1-9H2;1-3H2. The molecular weight excluding hydrogens is 318 g/mol. The van der Waals surface area contributed by atoms with Crippen LogP contribution in [-0.4, -0.2) is 113 Å². The molecule has 5 fully saturated rings. The van der Waals surface area contributed by atoms with Crippen LogP contribution in [0, 0.1) is 0 Å². The molecule has 24 heavy (non-hydrogen) atoms. The van der Waals surface area contributed by atoms with Gasteiger partial charge in [-0.2, -0.15) is 0 Å². The molecule has 0 amide bonds. The summed E-state index contributed by atoms with van der Waals surface area (Å²) in [6.45, 7) is 10.2. The molecule has 5 heterocycles. The van der Waals surface area contributed by atoms with Crippen molar-refractivity contribution in [2.24, 2.45) is 0 Å². The summed E-state index contributed by atoms with van der Waals surface area (Å²) in [4.78, 5) is 7.43. The second kappa shape index (κ2) is 8.35. The molecule has 5 rings (SSSR count). The molecule has 0 radical (unpaired) electrons. The van der Waals surface area contributed by atoms with E-state index in [9.17, 15) is 0 Å². The molecule has 9 nitrogen and oxygen atoms in total. The molecule has 9 heteroatoms. The first-order valence-corrected chi connectivity index (χ1v) is 8.60. The third-order valence-electron chi connectivity index (χ3n) is 4.29. The van der Waals surface area contributed by atoms with E-state index in [2.05, 4.69) is 28.9 Å². The van der Waals surface area contributed by atoms with Gasteiger partial charge in [-0.05, 0) is 0 Å². The van der Waals surface area contributed by atoms with Crippen LogP contribution in [0.5, 0.6) is 0 Å². The Morgan fingerprint density at radius 2 is 0.833 bits per heavy atom. The maximum absolute atomic E-state index is 5.34. The van der Waals surface area contributed by atoms with Crippen molar-refractivity contribution in [1.82, 2.24) is 14.7 Å². The summed E-state index contributed by atoms with van der Waals surface area (Å²) in [7, 11) is 0. The van der Waals surface area contributed by atoms with Gasteiger partial charge in [0.05, 0.1) is 58.1 Å². The van der Waals surface area contributed by atoms with E-state index in [1.54, 1.807) is 0 Å². The Morgan fingerprint density at radius 3 is 1.04 bits per heavy atom. The van der Waals surface area contributed by atoms with Crippen molar-refractivity contribution in [3.8, 4) is 0 Å². The smallest absolute Gasteiger partial charge is 0.152 e. The fourth-order valence-corrected chi connectivity index (χ4v) is 2.99. The highest BCUT2D eigenvalue weighted by atomic mass is 16.8. The number of nitrogens with zero attached hydrogens (tertiary/aromatic N) is 3. The van der Waals surface area contributed by atoms with Gasteiger partial charge in [-0.1, -0.05) is 0 Å². The highest BCUT2D eigenvalue weighted by molar-refractivity contribution is 4.83. The summed E-state index contributed by atoms with van der Waals surface area (Å²) in [5.41, 5.74) is 0. The Balaban J connectivity index is 0.000000207. The monoisotopic (exact) mass is 345 g/mol. The summed E-state index contributed by atoms with van der Waals surface area (Å²) >= 11 is 0. The Bertz CT molecular complexity index is 322. The van der Waals surface area contributed by atoms with Gasteiger partial charge in [-0.25, -0.2) is 0 Å². The van der Waals surface area contributed by atoms with Crippen molar-refractivity contribution in [3.63, 3.8) is 0 Å². The van der Waals surface area contributed by atoms with E-state index in [0.717, 1.165) is 59.5 Å². The Hall–Kier alpha value is -0.360. The lowest BCUT2D eigenvalue weighted by Crippen LogP contribution is -2.57. The molecule has 0 N–H and O–H groups in total. The van der Waals surface area contributed by atoms with E-state index in [-0.39, 0.29) is 0 Å². The average Bonchev–Trinajstić information content (AvgIpc) is 3.42. The number of ether oxygens (including phenoxy) is 6. The number of rotatable bonds is 6. The largest absolute Gasteiger partial charge is 0.372 e. The number of hydrogen-bond acceptors (Lipinski definition) is 9. The summed E-state index contributed by atoms with van der Waals surface area (Å²) in [5.74, 6) is 0. The normalized spacial score (nSPS) is 36.8. The predicted octanol–water partition coefficient (Wildman–Crippen LogP) is -1.10. The van der Waals surface area contributed by atoms with Gasteiger partial charge in [-0.3, -0.25) is 14.7 Å². The van der Waals surface area contributed by atoms with Gasteiger partial charge in [0.1, 0.15) is 0 Å². The first-order valence-electron chi connectivity index (χ1n) is 8.60. The minimum atomic E-state index is 0.375. The lowest BCUT2D eigenvalue weighted by atomic mass is 10.3. The van der Waals surface area contributed by atoms with Crippen molar-refractivity contribution in [2.45, 2.75) is 18.3 Å². The molecule has 0 aromatic rings. The quantitative estimate of drug-likeness (QED) is 0.558. The van der Waals surface area contributed by atoms with E-state index in [4.69, 9.17) is 14.2 Å². The summed E-state index contributed by atoms with van der Waals surface area (Å²) in [6.07, 6.45) is 1.42. The van der Waals surface area contributed by atoms with E-state index in [1.807, 2.05) is 0 Å². The lowest BCUT2D eigenvalue weighted by Gasteiger charge is -2.41. The van der Waals surface area contributed by atoms with Crippen molar-refractivity contribution in [1.29, 1.82) is 0 Å². The molecule has 0 aromatic heterocycles. The van der Waals surface area contributed by atoms with Gasteiger partial charge in [0.25, 0.3) is 0 Å².